The summed E-state index contributed by atoms with van der Waals surface area (Å²) in [5.74, 6) is -0.293. The molecule has 1 heterocycles. The molecule has 0 aromatic heterocycles. The van der Waals surface area contributed by atoms with Gasteiger partial charge in [-0.05, 0) is 47.3 Å². The first-order chi connectivity index (χ1) is 15.6. The van der Waals surface area contributed by atoms with Gasteiger partial charge in [-0.2, -0.15) is 5.10 Å². The van der Waals surface area contributed by atoms with Crippen molar-refractivity contribution in [2.75, 3.05) is 4.90 Å². The van der Waals surface area contributed by atoms with Crippen molar-refractivity contribution in [1.82, 2.24) is 5.43 Å². The fraction of sp³-hybridized carbons (Fsp3) is 0.0385. The normalized spacial score (nSPS) is 12.6. The number of hydrazone groups is 1. The first-order valence-electron chi connectivity index (χ1n) is 10.2. The molecule has 156 valence electrons. The summed E-state index contributed by atoms with van der Waals surface area (Å²) in [7, 11) is 0. The highest BCUT2D eigenvalue weighted by atomic mass is 16.3. The largest absolute Gasteiger partial charge is 0.507 e. The lowest BCUT2D eigenvalue weighted by Gasteiger charge is -2.18. The zero-order chi connectivity index (χ0) is 22.1. The van der Waals surface area contributed by atoms with Crippen LogP contribution in [-0.2, 0) is 6.54 Å². The van der Waals surface area contributed by atoms with E-state index in [4.69, 9.17) is 0 Å². The Morgan fingerprint density at radius 3 is 2.47 bits per heavy atom. The Hall–Kier alpha value is -4.45. The average molecular weight is 421 g/mol. The molecule has 1 aliphatic rings. The number of phenols is 1. The van der Waals surface area contributed by atoms with Crippen LogP contribution in [0, 0.1) is 0 Å². The van der Waals surface area contributed by atoms with Crippen LogP contribution in [-0.4, -0.2) is 23.1 Å². The minimum Gasteiger partial charge on any atom is -0.507 e. The summed E-state index contributed by atoms with van der Waals surface area (Å²) in [6.07, 6.45) is 1.39. The summed E-state index contributed by atoms with van der Waals surface area (Å²) >= 11 is 0. The molecular formula is C26H19N3O3. The Balaban J connectivity index is 1.29. The minimum atomic E-state index is -0.363. The van der Waals surface area contributed by atoms with Gasteiger partial charge in [0.25, 0.3) is 11.8 Å². The molecule has 0 unspecified atom stereocenters. The molecule has 1 aliphatic heterocycles. The lowest BCUT2D eigenvalue weighted by atomic mass is 10.1. The molecule has 0 spiro atoms. The van der Waals surface area contributed by atoms with Crippen molar-refractivity contribution in [3.8, 4) is 5.75 Å². The molecule has 0 bridgehead atoms. The van der Waals surface area contributed by atoms with E-state index in [1.165, 1.54) is 6.21 Å². The third-order valence-corrected chi connectivity index (χ3v) is 5.51. The number of rotatable bonds is 5. The van der Waals surface area contributed by atoms with Crippen LogP contribution in [0.3, 0.4) is 0 Å². The summed E-state index contributed by atoms with van der Waals surface area (Å²) in [5, 5.41) is 15.7. The first kappa shape index (κ1) is 19.5. The van der Waals surface area contributed by atoms with Gasteiger partial charge in [-0.15, -0.1) is 0 Å². The van der Waals surface area contributed by atoms with E-state index in [1.807, 2.05) is 48.5 Å². The number of nitrogens with zero attached hydrogens (tertiary/aromatic N) is 2. The molecule has 0 radical (unpaired) electrons. The van der Waals surface area contributed by atoms with Crippen molar-refractivity contribution < 1.29 is 14.7 Å². The molecule has 4 aromatic rings. The maximum Gasteiger partial charge on any atom is 0.271 e. The maximum atomic E-state index is 12.9. The van der Waals surface area contributed by atoms with Gasteiger partial charge in [0.05, 0.1) is 18.4 Å². The van der Waals surface area contributed by atoms with Crippen LogP contribution < -0.4 is 10.3 Å². The number of phenolic OH excluding ortho intramolecular Hbond substituents is 1. The number of nitrogens with one attached hydrogen (secondary N) is 1. The molecule has 0 saturated carbocycles. The molecule has 0 atom stereocenters. The predicted molar refractivity (Wildman–Crippen MR) is 124 cm³/mol. The van der Waals surface area contributed by atoms with E-state index in [9.17, 15) is 14.7 Å². The number of anilines is 1. The predicted octanol–water partition coefficient (Wildman–Crippen LogP) is 4.47. The molecule has 6 heteroatoms. The molecule has 4 aromatic carbocycles. The van der Waals surface area contributed by atoms with Crippen molar-refractivity contribution in [2.45, 2.75) is 6.54 Å². The van der Waals surface area contributed by atoms with Gasteiger partial charge in [0, 0.05) is 22.1 Å². The van der Waals surface area contributed by atoms with E-state index in [0.29, 0.717) is 17.7 Å². The number of carbonyl (C=O) groups is 2. The second-order valence-corrected chi connectivity index (χ2v) is 7.53. The van der Waals surface area contributed by atoms with Gasteiger partial charge in [0.1, 0.15) is 5.75 Å². The SMILES string of the molecule is O=C(N/N=C/c1ccccc1O)c1ccc(CN2C(=O)c3cccc4cccc2c34)cc1. The number of hydrogen-bond donors (Lipinski definition) is 2. The van der Waals surface area contributed by atoms with Crippen molar-refractivity contribution in [1.29, 1.82) is 0 Å². The van der Waals surface area contributed by atoms with Crippen molar-refractivity contribution in [2.24, 2.45) is 5.10 Å². The molecule has 0 fully saturated rings. The van der Waals surface area contributed by atoms with Crippen molar-refractivity contribution in [3.63, 3.8) is 0 Å². The van der Waals surface area contributed by atoms with Crippen LogP contribution in [0.4, 0.5) is 5.69 Å². The molecular weight excluding hydrogens is 402 g/mol. The fourth-order valence-electron chi connectivity index (χ4n) is 3.90. The van der Waals surface area contributed by atoms with Crippen LogP contribution in [0.2, 0.25) is 0 Å². The second-order valence-electron chi connectivity index (χ2n) is 7.53. The number of carbonyl (C=O) groups excluding carboxylic acids is 2. The third kappa shape index (κ3) is 3.48. The van der Waals surface area contributed by atoms with Crippen LogP contribution in [0.1, 0.15) is 31.8 Å². The number of aromatic hydroxyl groups is 1. The summed E-state index contributed by atoms with van der Waals surface area (Å²) in [6.45, 7) is 0.417. The highest BCUT2D eigenvalue weighted by molar-refractivity contribution is 6.24. The molecule has 0 saturated heterocycles. The zero-order valence-electron chi connectivity index (χ0n) is 17.0. The van der Waals surface area contributed by atoms with E-state index in [0.717, 1.165) is 27.6 Å². The summed E-state index contributed by atoms with van der Waals surface area (Å²) in [5.41, 5.74) is 5.95. The minimum absolute atomic E-state index is 0.0166. The smallest absolute Gasteiger partial charge is 0.271 e. The van der Waals surface area contributed by atoms with Gasteiger partial charge in [-0.1, -0.05) is 48.5 Å². The maximum absolute atomic E-state index is 12.9. The van der Waals surface area contributed by atoms with E-state index in [1.54, 1.807) is 41.3 Å². The van der Waals surface area contributed by atoms with Gasteiger partial charge in [0.2, 0.25) is 0 Å². The summed E-state index contributed by atoms with van der Waals surface area (Å²) < 4.78 is 0. The van der Waals surface area contributed by atoms with Gasteiger partial charge in [-0.25, -0.2) is 5.43 Å². The highest BCUT2D eigenvalue weighted by Crippen LogP contribution is 2.37. The van der Waals surface area contributed by atoms with E-state index < -0.39 is 0 Å². The fourth-order valence-corrected chi connectivity index (χ4v) is 3.90. The van der Waals surface area contributed by atoms with E-state index in [2.05, 4.69) is 10.5 Å². The lowest BCUT2D eigenvalue weighted by molar-refractivity contribution is 0.0953. The quantitative estimate of drug-likeness (QED) is 0.368. The number of amides is 2. The Kier molecular flexibility index (Phi) is 4.88. The zero-order valence-corrected chi connectivity index (χ0v) is 17.0. The number of hydrogen-bond acceptors (Lipinski definition) is 4. The molecule has 2 amide bonds. The topological polar surface area (TPSA) is 82.0 Å². The van der Waals surface area contributed by atoms with Crippen LogP contribution >= 0.6 is 0 Å². The van der Waals surface area contributed by atoms with Crippen LogP contribution in [0.15, 0.2) is 90.0 Å². The molecule has 6 nitrogen and oxygen atoms in total. The van der Waals surface area contributed by atoms with Gasteiger partial charge >= 0.3 is 0 Å². The Bertz CT molecular complexity index is 1370. The molecule has 32 heavy (non-hydrogen) atoms. The molecule has 0 aliphatic carbocycles. The third-order valence-electron chi connectivity index (χ3n) is 5.51. The van der Waals surface area contributed by atoms with Crippen LogP contribution in [0.5, 0.6) is 5.75 Å². The average Bonchev–Trinajstić information content (AvgIpc) is 3.09. The van der Waals surface area contributed by atoms with Gasteiger partial charge < -0.3 is 10.0 Å². The second kappa shape index (κ2) is 8.00. The first-order valence-corrected chi connectivity index (χ1v) is 10.2. The monoisotopic (exact) mass is 421 g/mol. The lowest BCUT2D eigenvalue weighted by Crippen LogP contribution is -2.26. The van der Waals surface area contributed by atoms with Gasteiger partial charge in [0.15, 0.2) is 0 Å². The summed E-state index contributed by atoms with van der Waals surface area (Å²) in [4.78, 5) is 27.1. The number of benzene rings is 4. The van der Waals surface area contributed by atoms with Gasteiger partial charge in [-0.3, -0.25) is 9.59 Å². The van der Waals surface area contributed by atoms with E-state index in [-0.39, 0.29) is 17.6 Å². The van der Waals surface area contributed by atoms with E-state index >= 15 is 0 Å². The highest BCUT2D eigenvalue weighted by Gasteiger charge is 2.29. The Morgan fingerprint density at radius 2 is 1.69 bits per heavy atom. The Labute approximate surface area is 184 Å². The number of para-hydroxylation sites is 1. The Morgan fingerprint density at radius 1 is 0.938 bits per heavy atom. The molecule has 2 N–H and O–H groups in total. The van der Waals surface area contributed by atoms with Crippen LogP contribution in [0.25, 0.3) is 10.8 Å². The van der Waals surface area contributed by atoms with Crippen molar-refractivity contribution >= 4 is 34.5 Å². The summed E-state index contributed by atoms with van der Waals surface area (Å²) in [6, 6.07) is 25.5. The standard InChI is InChI=1S/C26H19N3O3/c30-23-10-2-1-5-20(23)15-27-28-25(31)19-13-11-17(12-14-19)16-29-22-9-4-7-18-6-3-8-21(24(18)22)26(29)32/h1-15,30H,16H2,(H,28,31)/b27-15+. The molecule has 5 rings (SSSR count). The van der Waals surface area contributed by atoms with Crippen molar-refractivity contribution in [3.05, 3.63) is 107 Å².